The molecule has 0 aliphatic heterocycles. The predicted octanol–water partition coefficient (Wildman–Crippen LogP) is 4.67. The lowest BCUT2D eigenvalue weighted by Crippen LogP contribution is -2.12. The minimum absolute atomic E-state index is 0.0555. The van der Waals surface area contributed by atoms with E-state index in [2.05, 4.69) is 25.8 Å². The molecule has 25 heavy (non-hydrogen) atoms. The van der Waals surface area contributed by atoms with E-state index in [0.29, 0.717) is 28.1 Å². The zero-order chi connectivity index (χ0) is 18.0. The molecule has 0 spiro atoms. The number of sulfonamides is 1. The molecule has 0 fully saturated rings. The van der Waals surface area contributed by atoms with E-state index in [1.54, 1.807) is 18.4 Å². The Balaban J connectivity index is 1.98. The van der Waals surface area contributed by atoms with Crippen LogP contribution in [0.2, 0.25) is 0 Å². The predicted molar refractivity (Wildman–Crippen MR) is 101 cm³/mol. The third-order valence-electron chi connectivity index (χ3n) is 3.35. The van der Waals surface area contributed by atoms with Crippen molar-refractivity contribution in [2.75, 3.05) is 11.3 Å². The van der Waals surface area contributed by atoms with Crippen LogP contribution in [0.4, 0.5) is 5.88 Å². The topological polar surface area (TPSA) is 81.4 Å². The Morgan fingerprint density at radius 3 is 2.84 bits per heavy atom. The minimum atomic E-state index is -3.82. The number of aromatic nitrogens is 1. The molecule has 9 heteroatoms. The molecule has 0 aliphatic carbocycles. The van der Waals surface area contributed by atoms with Crippen LogP contribution in [0.15, 0.2) is 48.9 Å². The first-order valence-corrected chi connectivity index (χ1v) is 10.5. The number of nitrogens with one attached hydrogen (secondary N) is 1. The molecular weight excluding hydrogens is 428 g/mol. The summed E-state index contributed by atoms with van der Waals surface area (Å²) in [6.07, 6.45) is 0. The second-order valence-electron chi connectivity index (χ2n) is 5.10. The quantitative estimate of drug-likeness (QED) is 0.599. The van der Waals surface area contributed by atoms with Crippen LogP contribution in [0.3, 0.4) is 0 Å². The van der Waals surface area contributed by atoms with Gasteiger partial charge in [-0.2, -0.15) is 0 Å². The van der Waals surface area contributed by atoms with Crippen molar-refractivity contribution in [1.29, 1.82) is 0 Å². The number of hydrogen-bond donors (Lipinski definition) is 1. The third-order valence-corrected chi connectivity index (χ3v) is 7.10. The van der Waals surface area contributed by atoms with Gasteiger partial charge in [-0.3, -0.25) is 0 Å². The summed E-state index contributed by atoms with van der Waals surface area (Å²) in [6, 6.07) is 9.10. The number of anilines is 1. The van der Waals surface area contributed by atoms with Gasteiger partial charge >= 0.3 is 0 Å². The van der Waals surface area contributed by atoms with Gasteiger partial charge in [0, 0.05) is 5.56 Å². The Hall–Kier alpha value is -1.84. The molecule has 0 atom stereocenters. The Kier molecular flexibility index (Phi) is 5.16. The highest BCUT2D eigenvalue weighted by Gasteiger charge is 2.24. The number of rotatable bonds is 6. The Bertz CT molecular complexity index is 995. The summed E-state index contributed by atoms with van der Waals surface area (Å²) >= 11 is 4.39. The molecule has 0 bridgehead atoms. The van der Waals surface area contributed by atoms with Crippen LogP contribution in [0.5, 0.6) is 5.75 Å². The molecule has 2 aromatic heterocycles. The second-order valence-corrected chi connectivity index (χ2v) is 8.69. The van der Waals surface area contributed by atoms with Crippen molar-refractivity contribution in [3.63, 3.8) is 0 Å². The molecule has 1 N–H and O–H groups in total. The van der Waals surface area contributed by atoms with E-state index >= 15 is 0 Å². The van der Waals surface area contributed by atoms with Gasteiger partial charge in [-0.15, -0.1) is 11.3 Å². The number of aryl methyl sites for hydroxylation is 1. The second kappa shape index (κ2) is 7.19. The molecule has 0 saturated heterocycles. The summed E-state index contributed by atoms with van der Waals surface area (Å²) in [5.41, 5.74) is 1.93. The van der Waals surface area contributed by atoms with Crippen LogP contribution in [-0.4, -0.2) is 20.2 Å². The number of halogens is 1. The molecule has 2 heterocycles. The normalized spacial score (nSPS) is 11.5. The van der Waals surface area contributed by atoms with Gasteiger partial charge in [0.1, 0.15) is 14.4 Å². The Morgan fingerprint density at radius 1 is 1.36 bits per heavy atom. The fraction of sp³-hybridized carbons (Fsp3) is 0.188. The number of thiophene rings is 1. The summed E-state index contributed by atoms with van der Waals surface area (Å²) in [5, 5.41) is 5.47. The van der Waals surface area contributed by atoms with E-state index < -0.39 is 10.0 Å². The largest absolute Gasteiger partial charge is 0.494 e. The van der Waals surface area contributed by atoms with Gasteiger partial charge in [-0.25, -0.2) is 13.1 Å². The van der Waals surface area contributed by atoms with Crippen molar-refractivity contribution in [3.05, 3.63) is 45.9 Å². The molecule has 1 aromatic carbocycles. The summed E-state index contributed by atoms with van der Waals surface area (Å²) in [6.45, 7) is 4.15. The van der Waals surface area contributed by atoms with Gasteiger partial charge in [-0.1, -0.05) is 17.3 Å². The lowest BCUT2D eigenvalue weighted by atomic mass is 10.1. The first kappa shape index (κ1) is 18.0. The molecule has 132 valence electrons. The van der Waals surface area contributed by atoms with Crippen molar-refractivity contribution in [2.24, 2.45) is 0 Å². The zero-order valence-electron chi connectivity index (χ0n) is 13.4. The minimum Gasteiger partial charge on any atom is -0.494 e. The van der Waals surface area contributed by atoms with Crippen LogP contribution in [0, 0.1) is 6.92 Å². The maximum absolute atomic E-state index is 12.8. The number of benzene rings is 1. The first-order chi connectivity index (χ1) is 11.9. The standard InChI is InChI=1S/C16H15BrN2O4S2/c1-3-22-12-6-4-5-11(9-12)13-7-8-24-16(13)25(20,21)19-15-14(17)10(2)18-23-15/h4-9,19H,3H2,1-2H3. The van der Waals surface area contributed by atoms with Crippen molar-refractivity contribution in [2.45, 2.75) is 18.1 Å². The van der Waals surface area contributed by atoms with E-state index in [4.69, 9.17) is 9.26 Å². The van der Waals surface area contributed by atoms with Crippen LogP contribution in [0.1, 0.15) is 12.6 Å². The Labute approximate surface area is 158 Å². The third kappa shape index (κ3) is 3.73. The van der Waals surface area contributed by atoms with E-state index in [1.807, 2.05) is 31.2 Å². The Morgan fingerprint density at radius 2 is 2.16 bits per heavy atom. The van der Waals surface area contributed by atoms with Gasteiger partial charge in [-0.05, 0) is 58.9 Å². The average molecular weight is 443 g/mol. The highest BCUT2D eigenvalue weighted by molar-refractivity contribution is 9.10. The highest BCUT2D eigenvalue weighted by atomic mass is 79.9. The summed E-state index contributed by atoms with van der Waals surface area (Å²) in [4.78, 5) is 0. The molecule has 0 amide bonds. The molecular formula is C16H15BrN2O4S2. The highest BCUT2D eigenvalue weighted by Crippen LogP contribution is 2.36. The monoisotopic (exact) mass is 442 g/mol. The van der Waals surface area contributed by atoms with Crippen molar-refractivity contribution in [3.8, 4) is 16.9 Å². The number of hydrogen-bond acceptors (Lipinski definition) is 6. The lowest BCUT2D eigenvalue weighted by Gasteiger charge is -2.08. The SMILES string of the molecule is CCOc1cccc(-c2ccsc2S(=O)(=O)Nc2onc(C)c2Br)c1. The van der Waals surface area contributed by atoms with Crippen molar-refractivity contribution >= 4 is 43.2 Å². The van der Waals surface area contributed by atoms with E-state index in [1.165, 1.54) is 0 Å². The number of nitrogens with zero attached hydrogens (tertiary/aromatic N) is 1. The van der Waals surface area contributed by atoms with Crippen LogP contribution >= 0.6 is 27.3 Å². The number of ether oxygens (including phenoxy) is 1. The zero-order valence-corrected chi connectivity index (χ0v) is 16.7. The van der Waals surface area contributed by atoms with E-state index in [9.17, 15) is 8.42 Å². The van der Waals surface area contributed by atoms with Gasteiger partial charge in [0.25, 0.3) is 15.9 Å². The lowest BCUT2D eigenvalue weighted by molar-refractivity contribution is 0.340. The molecule has 0 saturated carbocycles. The van der Waals surface area contributed by atoms with E-state index in [0.717, 1.165) is 16.9 Å². The molecule has 0 unspecified atom stereocenters. The maximum Gasteiger partial charge on any atom is 0.274 e. The molecule has 0 aliphatic rings. The average Bonchev–Trinajstić information content (AvgIpc) is 3.19. The van der Waals surface area contributed by atoms with Crippen LogP contribution < -0.4 is 9.46 Å². The summed E-state index contributed by atoms with van der Waals surface area (Å²) in [5.74, 6) is 0.746. The van der Waals surface area contributed by atoms with Gasteiger partial charge in [0.05, 0.1) is 12.3 Å². The summed E-state index contributed by atoms with van der Waals surface area (Å²) < 4.78 is 39.2. The van der Waals surface area contributed by atoms with Crippen molar-refractivity contribution < 1.29 is 17.7 Å². The fourth-order valence-corrected chi connectivity index (χ4v) is 4.99. The van der Waals surface area contributed by atoms with Gasteiger partial charge < -0.3 is 9.26 Å². The summed E-state index contributed by atoms with van der Waals surface area (Å²) in [7, 11) is -3.82. The van der Waals surface area contributed by atoms with Crippen LogP contribution in [0.25, 0.3) is 11.1 Å². The first-order valence-electron chi connectivity index (χ1n) is 7.37. The molecule has 6 nitrogen and oxygen atoms in total. The van der Waals surface area contributed by atoms with Crippen LogP contribution in [-0.2, 0) is 10.0 Å². The smallest absolute Gasteiger partial charge is 0.274 e. The maximum atomic E-state index is 12.8. The van der Waals surface area contributed by atoms with E-state index in [-0.39, 0.29) is 10.1 Å². The molecule has 3 aromatic rings. The molecule has 3 rings (SSSR count). The van der Waals surface area contributed by atoms with Crippen molar-refractivity contribution in [1.82, 2.24) is 5.16 Å². The fourth-order valence-electron chi connectivity index (χ4n) is 2.23. The molecule has 0 radical (unpaired) electrons. The van der Waals surface area contributed by atoms with Gasteiger partial charge in [0.2, 0.25) is 0 Å². The van der Waals surface area contributed by atoms with Gasteiger partial charge in [0.15, 0.2) is 0 Å².